The van der Waals surface area contributed by atoms with Crippen LogP contribution < -0.4 is 10.2 Å². The van der Waals surface area contributed by atoms with Crippen LogP contribution in [0.15, 0.2) is 60.7 Å². The lowest BCUT2D eigenvalue weighted by Gasteiger charge is -2.39. The molecule has 45 heavy (non-hydrogen) atoms. The summed E-state index contributed by atoms with van der Waals surface area (Å²) in [7, 11) is 0. The highest BCUT2D eigenvalue weighted by atomic mass is 16.7. The van der Waals surface area contributed by atoms with E-state index in [1.54, 1.807) is 21.9 Å². The average molecular weight is 615 g/mol. The molecule has 4 aromatic rings. The molecule has 1 aliphatic heterocycles. The number of nitrogens with one attached hydrogen (secondary N) is 1. The molecule has 0 bridgehead atoms. The van der Waals surface area contributed by atoms with E-state index in [2.05, 4.69) is 25.6 Å². The Hall–Kier alpha value is -5.07. The van der Waals surface area contributed by atoms with Gasteiger partial charge in [-0.2, -0.15) is 4.98 Å². The predicted molar refractivity (Wildman–Crippen MR) is 166 cm³/mol. The molecule has 0 saturated carbocycles. The lowest BCUT2D eigenvalue weighted by molar-refractivity contribution is -0.137. The number of carbonyl (C=O) groups is 3. The molecular formula is C32H38N8O5. The average Bonchev–Trinajstić information content (AvgIpc) is 3.45. The largest absolute Gasteiger partial charge is 0.449 e. The molecule has 236 valence electrons. The van der Waals surface area contributed by atoms with Crippen molar-refractivity contribution in [1.29, 1.82) is 0 Å². The van der Waals surface area contributed by atoms with E-state index < -0.39 is 17.4 Å². The molecule has 0 aliphatic carbocycles. The molecule has 0 spiro atoms. The maximum Gasteiger partial charge on any atom is 0.409 e. The zero-order valence-electron chi connectivity index (χ0n) is 26.0. The number of benzene rings is 2. The Balaban J connectivity index is 1.35. The number of amides is 3. The zero-order valence-corrected chi connectivity index (χ0v) is 26.0. The van der Waals surface area contributed by atoms with E-state index in [1.165, 1.54) is 10.9 Å². The second kappa shape index (κ2) is 13.7. The Kier molecular flexibility index (Phi) is 9.55. The lowest BCUT2D eigenvalue weighted by Crippen LogP contribution is -2.59. The number of aromatic nitrogens is 5. The van der Waals surface area contributed by atoms with Gasteiger partial charge in [0, 0.05) is 37.8 Å². The number of nitrogens with zero attached hydrogens (tertiary/aromatic N) is 7. The zero-order chi connectivity index (χ0) is 32.0. The Bertz CT molecular complexity index is 1640. The highest BCUT2D eigenvalue weighted by molar-refractivity contribution is 5.97. The lowest BCUT2D eigenvalue weighted by atomic mass is 9.85. The third-order valence-electron chi connectivity index (χ3n) is 7.43. The van der Waals surface area contributed by atoms with Gasteiger partial charge in [0.1, 0.15) is 22.8 Å². The number of rotatable bonds is 9. The van der Waals surface area contributed by atoms with Gasteiger partial charge in [-0.1, -0.05) is 81.4 Å². The summed E-state index contributed by atoms with van der Waals surface area (Å²) in [5.74, 6) is -0.458. The molecule has 2 aromatic heterocycles. The van der Waals surface area contributed by atoms with Gasteiger partial charge in [0.15, 0.2) is 5.82 Å². The Morgan fingerprint density at radius 2 is 1.62 bits per heavy atom. The van der Waals surface area contributed by atoms with E-state index >= 15 is 0 Å². The molecule has 1 aliphatic rings. The number of ether oxygens (including phenoxy) is 1. The summed E-state index contributed by atoms with van der Waals surface area (Å²) >= 11 is 0. The predicted octanol–water partition coefficient (Wildman–Crippen LogP) is 3.96. The third-order valence-corrected chi connectivity index (χ3v) is 7.43. The summed E-state index contributed by atoms with van der Waals surface area (Å²) in [4.78, 5) is 59.5. The normalized spacial score (nSPS) is 14.2. The second-order valence-electron chi connectivity index (χ2n) is 11.9. The number of piperazine rings is 1. The fourth-order valence-electron chi connectivity index (χ4n) is 4.85. The minimum atomic E-state index is -0.869. The first-order valence-electron chi connectivity index (χ1n) is 15.1. The van der Waals surface area contributed by atoms with E-state index in [0.29, 0.717) is 49.4 Å². The van der Waals surface area contributed by atoms with Gasteiger partial charge < -0.3 is 24.7 Å². The standard InChI is InChI=1S/C32H38N8O5/c1-5-6-20-44-31(43)39-18-16-38(17-19-39)30(42)27(32(2,3)4)35-29(41)24-21-26(34-28(33-24)22-12-8-7-9-13-22)45-40-25-15-11-10-14-23(25)36-37-40/h7-15,21,27H,5-6,16-20H2,1-4H3,(H,35,41)/t27-/m1/s1. The van der Waals surface area contributed by atoms with Crippen LogP contribution in [0.2, 0.25) is 0 Å². The Labute approximate surface area is 261 Å². The molecule has 0 radical (unpaired) electrons. The molecule has 2 aromatic carbocycles. The van der Waals surface area contributed by atoms with Crippen molar-refractivity contribution in [2.45, 2.75) is 46.6 Å². The Morgan fingerprint density at radius 3 is 2.33 bits per heavy atom. The number of hydrogen-bond donors (Lipinski definition) is 1. The number of carbonyl (C=O) groups excluding carboxylic acids is 3. The summed E-state index contributed by atoms with van der Waals surface area (Å²) in [6.07, 6.45) is 1.37. The van der Waals surface area contributed by atoms with Crippen molar-refractivity contribution in [3.63, 3.8) is 0 Å². The fraction of sp³-hybridized carbons (Fsp3) is 0.406. The minimum absolute atomic E-state index is 0.0185. The van der Waals surface area contributed by atoms with Crippen molar-refractivity contribution in [1.82, 2.24) is 40.2 Å². The van der Waals surface area contributed by atoms with Crippen molar-refractivity contribution < 1.29 is 24.0 Å². The van der Waals surface area contributed by atoms with E-state index in [4.69, 9.17) is 9.57 Å². The quantitative estimate of drug-likeness (QED) is 0.277. The van der Waals surface area contributed by atoms with Crippen LogP contribution in [0.1, 0.15) is 51.0 Å². The van der Waals surface area contributed by atoms with Crippen LogP contribution in [0.4, 0.5) is 4.79 Å². The first kappa shape index (κ1) is 31.4. The van der Waals surface area contributed by atoms with Gasteiger partial charge in [-0.25, -0.2) is 9.78 Å². The van der Waals surface area contributed by atoms with Crippen LogP contribution in [0.3, 0.4) is 0 Å². The van der Waals surface area contributed by atoms with E-state index in [9.17, 15) is 14.4 Å². The fourth-order valence-corrected chi connectivity index (χ4v) is 4.85. The van der Waals surface area contributed by atoms with Gasteiger partial charge in [-0.3, -0.25) is 9.59 Å². The van der Waals surface area contributed by atoms with E-state index in [0.717, 1.165) is 12.8 Å². The van der Waals surface area contributed by atoms with Crippen molar-refractivity contribution in [2.75, 3.05) is 32.8 Å². The number of para-hydroxylation sites is 1. The second-order valence-corrected chi connectivity index (χ2v) is 11.9. The number of unbranched alkanes of at least 4 members (excludes halogenated alkanes) is 1. The van der Waals surface area contributed by atoms with Crippen molar-refractivity contribution in [2.24, 2.45) is 5.41 Å². The van der Waals surface area contributed by atoms with Crippen LogP contribution in [-0.2, 0) is 9.53 Å². The molecule has 3 amide bonds. The van der Waals surface area contributed by atoms with Crippen LogP contribution in [0.5, 0.6) is 5.88 Å². The summed E-state index contributed by atoms with van der Waals surface area (Å²) in [6, 6.07) is 17.0. The van der Waals surface area contributed by atoms with Crippen LogP contribution in [0.25, 0.3) is 22.4 Å². The molecular weight excluding hydrogens is 576 g/mol. The maximum atomic E-state index is 13.8. The molecule has 1 atom stereocenters. The van der Waals surface area contributed by atoms with Crippen LogP contribution >= 0.6 is 0 Å². The molecule has 5 rings (SSSR count). The van der Waals surface area contributed by atoms with Crippen molar-refractivity contribution in [3.8, 4) is 17.3 Å². The molecule has 13 heteroatoms. The van der Waals surface area contributed by atoms with Gasteiger partial charge in [0.05, 0.1) is 6.61 Å². The monoisotopic (exact) mass is 614 g/mol. The van der Waals surface area contributed by atoms with Gasteiger partial charge in [-0.05, 0) is 29.2 Å². The number of fused-ring (bicyclic) bond motifs is 1. The highest BCUT2D eigenvalue weighted by Gasteiger charge is 2.38. The smallest absolute Gasteiger partial charge is 0.409 e. The summed E-state index contributed by atoms with van der Waals surface area (Å²) in [5.41, 5.74) is 1.32. The molecule has 0 unspecified atom stereocenters. The topological polar surface area (TPSA) is 145 Å². The van der Waals surface area contributed by atoms with Crippen LogP contribution in [-0.4, -0.2) is 91.7 Å². The van der Waals surface area contributed by atoms with Crippen molar-refractivity contribution >= 4 is 28.9 Å². The first-order valence-corrected chi connectivity index (χ1v) is 15.1. The Morgan fingerprint density at radius 1 is 0.933 bits per heavy atom. The molecule has 13 nitrogen and oxygen atoms in total. The highest BCUT2D eigenvalue weighted by Crippen LogP contribution is 2.24. The minimum Gasteiger partial charge on any atom is -0.449 e. The number of hydrogen-bond acceptors (Lipinski definition) is 9. The van der Waals surface area contributed by atoms with Gasteiger partial charge in [0.25, 0.3) is 11.8 Å². The van der Waals surface area contributed by atoms with Gasteiger partial charge >= 0.3 is 6.09 Å². The first-order chi connectivity index (χ1) is 21.6. The van der Waals surface area contributed by atoms with E-state index in [-0.39, 0.29) is 29.4 Å². The SMILES string of the molecule is CCCCOC(=O)N1CCN(C(=O)[C@@H](NC(=O)c2cc(On3nnc4ccccc43)nc(-c3ccccc3)n2)C(C)(C)C)CC1. The summed E-state index contributed by atoms with van der Waals surface area (Å²) < 4.78 is 5.32. The van der Waals surface area contributed by atoms with E-state index in [1.807, 2.05) is 70.2 Å². The molecule has 1 saturated heterocycles. The van der Waals surface area contributed by atoms with Crippen LogP contribution in [0, 0.1) is 5.41 Å². The summed E-state index contributed by atoms with van der Waals surface area (Å²) in [6.45, 7) is 9.44. The maximum absolute atomic E-state index is 13.8. The summed E-state index contributed by atoms with van der Waals surface area (Å²) in [5, 5.41) is 11.1. The van der Waals surface area contributed by atoms with Crippen molar-refractivity contribution in [3.05, 3.63) is 66.4 Å². The molecule has 1 fully saturated rings. The van der Waals surface area contributed by atoms with Gasteiger partial charge in [-0.15, -0.1) is 5.10 Å². The van der Waals surface area contributed by atoms with Gasteiger partial charge in [0.2, 0.25) is 5.91 Å². The molecule has 3 heterocycles. The third kappa shape index (κ3) is 7.54. The molecule has 1 N–H and O–H groups in total.